The number of ether oxygens (including phenoxy) is 1. The van der Waals surface area contributed by atoms with Gasteiger partial charge in [-0.2, -0.15) is 0 Å². The number of rotatable bonds is 4. The van der Waals surface area contributed by atoms with Crippen LogP contribution >= 0.6 is 0 Å². The molecule has 4 rings (SSSR count). The monoisotopic (exact) mass is 326 g/mol. The smallest absolute Gasteiger partial charge is 0.139 e. The summed E-state index contributed by atoms with van der Waals surface area (Å²) in [7, 11) is 1.72. The fourth-order valence-corrected chi connectivity index (χ4v) is 5.47. The van der Waals surface area contributed by atoms with Gasteiger partial charge in [0, 0.05) is 18.4 Å². The Labute approximate surface area is 143 Å². The van der Waals surface area contributed by atoms with E-state index in [2.05, 4.69) is 18.2 Å². The predicted octanol–water partition coefficient (Wildman–Crippen LogP) is 3.93. The molecule has 1 fully saturated rings. The van der Waals surface area contributed by atoms with E-state index in [9.17, 15) is 9.90 Å². The Morgan fingerprint density at radius 3 is 2.92 bits per heavy atom. The maximum Gasteiger partial charge on any atom is 0.139 e. The highest BCUT2D eigenvalue weighted by atomic mass is 16.5. The third-order valence-electron chi connectivity index (χ3n) is 6.59. The van der Waals surface area contributed by atoms with Crippen LogP contribution in [0.5, 0.6) is 5.75 Å². The second kappa shape index (κ2) is 6.03. The third-order valence-corrected chi connectivity index (χ3v) is 6.59. The first kappa shape index (κ1) is 15.9. The second-order valence-corrected chi connectivity index (χ2v) is 7.52. The van der Waals surface area contributed by atoms with E-state index >= 15 is 0 Å². The van der Waals surface area contributed by atoms with Crippen LogP contribution in [0.2, 0.25) is 0 Å². The average Bonchev–Trinajstić information content (AvgIpc) is 2.96. The van der Waals surface area contributed by atoms with Crippen LogP contribution in [-0.2, 0) is 11.2 Å². The zero-order valence-corrected chi connectivity index (χ0v) is 14.4. The Balaban J connectivity index is 1.74. The number of fused-ring (bicyclic) bond motifs is 4. The Morgan fingerprint density at radius 2 is 2.12 bits per heavy atom. The van der Waals surface area contributed by atoms with E-state index in [1.165, 1.54) is 16.7 Å². The largest absolute Gasteiger partial charge is 0.497 e. The third kappa shape index (κ3) is 2.25. The first-order valence-corrected chi connectivity index (χ1v) is 9.23. The van der Waals surface area contributed by atoms with Gasteiger partial charge >= 0.3 is 0 Å². The molecule has 3 aliphatic rings. The minimum atomic E-state index is -0.175. The molecule has 128 valence electrons. The Kier molecular flexibility index (Phi) is 4.00. The Hall–Kier alpha value is -1.61. The van der Waals surface area contributed by atoms with E-state index in [1.54, 1.807) is 12.7 Å². The Bertz CT molecular complexity index is 703. The van der Waals surface area contributed by atoms with Gasteiger partial charge in [-0.3, -0.25) is 4.79 Å². The number of Topliss-reactive ketones (excluding diaryl/α,β-unsaturated/α-hetero) is 1. The maximum absolute atomic E-state index is 12.7. The summed E-state index contributed by atoms with van der Waals surface area (Å²) < 4.78 is 5.38. The molecule has 0 aromatic heterocycles. The molecule has 1 aromatic carbocycles. The molecule has 3 nitrogen and oxygen atoms in total. The van der Waals surface area contributed by atoms with Crippen molar-refractivity contribution in [2.45, 2.75) is 51.4 Å². The van der Waals surface area contributed by atoms with E-state index in [4.69, 9.17) is 4.74 Å². The van der Waals surface area contributed by atoms with E-state index in [-0.39, 0.29) is 12.0 Å². The molecule has 0 radical (unpaired) electrons. The number of aliphatic hydroxyl groups excluding tert-OH is 1. The number of carbonyl (C=O) groups is 1. The Morgan fingerprint density at radius 1 is 1.25 bits per heavy atom. The number of methoxy groups -OCH3 is 1. The van der Waals surface area contributed by atoms with Gasteiger partial charge in [-0.1, -0.05) is 11.6 Å². The fraction of sp³-hybridized carbons (Fsp3) is 0.571. The van der Waals surface area contributed by atoms with Crippen LogP contribution in [0, 0.1) is 11.3 Å². The van der Waals surface area contributed by atoms with Gasteiger partial charge in [-0.05, 0) is 79.7 Å². The lowest BCUT2D eigenvalue weighted by Crippen LogP contribution is -2.37. The van der Waals surface area contributed by atoms with Gasteiger partial charge in [-0.25, -0.2) is 0 Å². The number of ketones is 1. The summed E-state index contributed by atoms with van der Waals surface area (Å²) in [6.07, 6.45) is 7.43. The molecule has 0 bridgehead atoms. The number of allylic oxidation sites excluding steroid dienone is 2. The molecule has 0 aliphatic heterocycles. The van der Waals surface area contributed by atoms with Crippen molar-refractivity contribution in [1.29, 1.82) is 0 Å². The maximum atomic E-state index is 12.7. The van der Waals surface area contributed by atoms with Gasteiger partial charge in [0.1, 0.15) is 11.5 Å². The van der Waals surface area contributed by atoms with Gasteiger partial charge in [0.2, 0.25) is 0 Å². The van der Waals surface area contributed by atoms with Crippen LogP contribution in [-0.4, -0.2) is 24.6 Å². The van der Waals surface area contributed by atoms with Crippen LogP contribution in [0.3, 0.4) is 0 Å². The fourth-order valence-electron chi connectivity index (χ4n) is 5.47. The second-order valence-electron chi connectivity index (χ2n) is 7.52. The van der Waals surface area contributed by atoms with Crippen molar-refractivity contribution in [1.82, 2.24) is 0 Å². The molecule has 1 saturated carbocycles. The van der Waals surface area contributed by atoms with E-state index in [0.717, 1.165) is 57.1 Å². The minimum Gasteiger partial charge on any atom is -0.497 e. The molecular weight excluding hydrogens is 300 g/mol. The quantitative estimate of drug-likeness (QED) is 0.912. The number of aryl methyl sites for hydroxylation is 1. The zero-order chi connectivity index (χ0) is 16.7. The molecular formula is C21H26O3. The van der Waals surface area contributed by atoms with Gasteiger partial charge < -0.3 is 9.84 Å². The zero-order valence-electron chi connectivity index (χ0n) is 14.4. The number of hydrogen-bond acceptors (Lipinski definition) is 3. The summed E-state index contributed by atoms with van der Waals surface area (Å²) in [4.78, 5) is 12.7. The predicted molar refractivity (Wildman–Crippen MR) is 94.0 cm³/mol. The molecule has 0 unspecified atom stereocenters. The highest BCUT2D eigenvalue weighted by molar-refractivity contribution is 5.90. The lowest BCUT2D eigenvalue weighted by Gasteiger charge is -2.43. The molecule has 2 atom stereocenters. The molecule has 3 heteroatoms. The van der Waals surface area contributed by atoms with E-state index in [0.29, 0.717) is 11.7 Å². The summed E-state index contributed by atoms with van der Waals surface area (Å²) >= 11 is 0. The van der Waals surface area contributed by atoms with Crippen molar-refractivity contribution in [3.8, 4) is 5.75 Å². The first-order chi connectivity index (χ1) is 11.7. The van der Waals surface area contributed by atoms with Gasteiger partial charge in [0.05, 0.1) is 7.11 Å². The summed E-state index contributed by atoms with van der Waals surface area (Å²) in [5.41, 5.74) is 5.64. The minimum absolute atomic E-state index is 0.175. The normalized spacial score (nSPS) is 28.4. The molecule has 1 aromatic rings. The number of benzene rings is 1. The van der Waals surface area contributed by atoms with Crippen molar-refractivity contribution >= 4 is 11.4 Å². The summed E-state index contributed by atoms with van der Waals surface area (Å²) in [5, 5.41) is 9.28. The number of carbonyl (C=O) groups excluding carboxylic acids is 1. The molecule has 0 saturated heterocycles. The summed E-state index contributed by atoms with van der Waals surface area (Å²) in [5.74, 6) is 1.80. The molecule has 1 N–H and O–H groups in total. The first-order valence-electron chi connectivity index (χ1n) is 9.23. The topological polar surface area (TPSA) is 46.5 Å². The van der Waals surface area contributed by atoms with Crippen LogP contribution in [0.4, 0.5) is 0 Å². The van der Waals surface area contributed by atoms with Crippen LogP contribution < -0.4 is 4.74 Å². The van der Waals surface area contributed by atoms with Crippen LogP contribution in [0.1, 0.15) is 56.1 Å². The van der Waals surface area contributed by atoms with Crippen molar-refractivity contribution in [2.24, 2.45) is 11.3 Å². The van der Waals surface area contributed by atoms with Crippen molar-refractivity contribution in [2.75, 3.05) is 13.7 Å². The van der Waals surface area contributed by atoms with Gasteiger partial charge in [0.25, 0.3) is 0 Å². The van der Waals surface area contributed by atoms with Crippen molar-refractivity contribution in [3.05, 3.63) is 34.9 Å². The van der Waals surface area contributed by atoms with Crippen LogP contribution in [0.15, 0.2) is 23.8 Å². The molecule has 24 heavy (non-hydrogen) atoms. The van der Waals surface area contributed by atoms with E-state index in [1.807, 2.05) is 0 Å². The number of aliphatic hydroxyl groups is 1. The summed E-state index contributed by atoms with van der Waals surface area (Å²) in [6, 6.07) is 6.44. The van der Waals surface area contributed by atoms with Gasteiger partial charge in [-0.15, -0.1) is 0 Å². The molecule has 0 heterocycles. The average molecular weight is 326 g/mol. The SMILES string of the molecule is COc1ccc2c(c1)CCC1=C2CC[C@]2(CCCO)C(=O)CC[C@@H]12. The van der Waals surface area contributed by atoms with E-state index < -0.39 is 0 Å². The van der Waals surface area contributed by atoms with Crippen molar-refractivity contribution < 1.29 is 14.6 Å². The highest BCUT2D eigenvalue weighted by Gasteiger charge is 2.52. The lowest BCUT2D eigenvalue weighted by molar-refractivity contribution is -0.128. The number of hydrogen-bond donors (Lipinski definition) is 1. The van der Waals surface area contributed by atoms with Crippen molar-refractivity contribution in [3.63, 3.8) is 0 Å². The van der Waals surface area contributed by atoms with Gasteiger partial charge in [0.15, 0.2) is 0 Å². The molecule has 0 amide bonds. The highest BCUT2D eigenvalue weighted by Crippen LogP contribution is 2.58. The lowest BCUT2D eigenvalue weighted by atomic mass is 9.60. The molecule has 3 aliphatic carbocycles. The molecule has 0 spiro atoms. The summed E-state index contributed by atoms with van der Waals surface area (Å²) in [6.45, 7) is 0.191. The standard InChI is InChI=1S/C21H26O3/c1-24-15-4-6-16-14(13-15)3-5-18-17(16)9-11-21(10-2-12-22)19(18)7-8-20(21)23/h4,6,13,19,22H,2-3,5,7-12H2,1H3/t19-,21-/m0/s1. The van der Waals surface area contributed by atoms with Crippen LogP contribution in [0.25, 0.3) is 5.57 Å².